The number of halogens is 1. The standard InChI is InChI=1S/C12H11ClN2OS/c13-10-6-9(14)1-2-11(10)15-12(16)5-8-3-4-17-7-8/h1-4,6-7H,5,14H2,(H,15,16). The lowest BCUT2D eigenvalue weighted by molar-refractivity contribution is -0.115. The maximum absolute atomic E-state index is 11.7. The van der Waals surface area contributed by atoms with Crippen LogP contribution in [0.3, 0.4) is 0 Å². The molecule has 0 atom stereocenters. The van der Waals surface area contributed by atoms with E-state index in [-0.39, 0.29) is 5.91 Å². The van der Waals surface area contributed by atoms with Crippen molar-refractivity contribution >= 4 is 40.2 Å². The van der Waals surface area contributed by atoms with E-state index in [2.05, 4.69) is 5.32 Å². The fourth-order valence-corrected chi connectivity index (χ4v) is 2.31. The molecule has 0 aliphatic rings. The van der Waals surface area contributed by atoms with Crippen LogP contribution in [0.5, 0.6) is 0 Å². The Morgan fingerprint density at radius 3 is 2.88 bits per heavy atom. The van der Waals surface area contributed by atoms with Gasteiger partial charge in [-0.25, -0.2) is 0 Å². The van der Waals surface area contributed by atoms with Crippen molar-refractivity contribution in [1.29, 1.82) is 0 Å². The molecular weight excluding hydrogens is 256 g/mol. The lowest BCUT2D eigenvalue weighted by Gasteiger charge is -2.07. The van der Waals surface area contributed by atoms with Crippen LogP contribution in [0.1, 0.15) is 5.56 Å². The second-order valence-corrected chi connectivity index (χ2v) is 4.78. The summed E-state index contributed by atoms with van der Waals surface area (Å²) in [5, 5.41) is 7.09. The van der Waals surface area contributed by atoms with E-state index in [1.807, 2.05) is 16.8 Å². The van der Waals surface area contributed by atoms with Gasteiger partial charge in [-0.3, -0.25) is 4.79 Å². The lowest BCUT2D eigenvalue weighted by atomic mass is 10.2. The number of anilines is 2. The SMILES string of the molecule is Nc1ccc(NC(=O)Cc2ccsc2)c(Cl)c1. The summed E-state index contributed by atoms with van der Waals surface area (Å²) in [6.07, 6.45) is 0.351. The number of nitrogens with one attached hydrogen (secondary N) is 1. The quantitative estimate of drug-likeness (QED) is 0.839. The van der Waals surface area contributed by atoms with Gasteiger partial charge in [-0.15, -0.1) is 0 Å². The summed E-state index contributed by atoms with van der Waals surface area (Å²) in [7, 11) is 0. The number of nitrogens with two attached hydrogens (primary N) is 1. The van der Waals surface area contributed by atoms with Crippen molar-refractivity contribution in [2.24, 2.45) is 0 Å². The summed E-state index contributed by atoms with van der Waals surface area (Å²) < 4.78 is 0. The minimum atomic E-state index is -0.0879. The van der Waals surface area contributed by atoms with Crippen molar-refractivity contribution in [1.82, 2.24) is 0 Å². The van der Waals surface area contributed by atoms with E-state index in [9.17, 15) is 4.79 Å². The molecule has 5 heteroatoms. The molecule has 17 heavy (non-hydrogen) atoms. The second-order valence-electron chi connectivity index (χ2n) is 3.60. The molecule has 88 valence electrons. The molecule has 0 saturated carbocycles. The fourth-order valence-electron chi connectivity index (χ4n) is 1.41. The van der Waals surface area contributed by atoms with E-state index < -0.39 is 0 Å². The van der Waals surface area contributed by atoms with E-state index in [1.54, 1.807) is 29.5 Å². The zero-order valence-corrected chi connectivity index (χ0v) is 10.5. The molecular formula is C12H11ClN2OS. The smallest absolute Gasteiger partial charge is 0.228 e. The van der Waals surface area contributed by atoms with E-state index in [1.165, 1.54) is 0 Å². The summed E-state index contributed by atoms with van der Waals surface area (Å²) in [6, 6.07) is 6.94. The maximum Gasteiger partial charge on any atom is 0.228 e. The van der Waals surface area contributed by atoms with Crippen LogP contribution in [0, 0.1) is 0 Å². The van der Waals surface area contributed by atoms with E-state index in [0.717, 1.165) is 5.56 Å². The largest absolute Gasteiger partial charge is 0.399 e. The normalized spacial score (nSPS) is 10.2. The van der Waals surface area contributed by atoms with Gasteiger partial charge in [0, 0.05) is 5.69 Å². The fraction of sp³-hybridized carbons (Fsp3) is 0.0833. The number of rotatable bonds is 3. The van der Waals surface area contributed by atoms with Crippen LogP contribution in [0.4, 0.5) is 11.4 Å². The number of benzene rings is 1. The molecule has 1 aromatic heterocycles. The topological polar surface area (TPSA) is 55.1 Å². The summed E-state index contributed by atoms with van der Waals surface area (Å²) in [5.74, 6) is -0.0879. The Hall–Kier alpha value is -1.52. The highest BCUT2D eigenvalue weighted by Gasteiger charge is 2.07. The van der Waals surface area contributed by atoms with Crippen molar-refractivity contribution in [3.8, 4) is 0 Å². The van der Waals surface area contributed by atoms with Crippen molar-refractivity contribution in [2.75, 3.05) is 11.1 Å². The van der Waals surface area contributed by atoms with Gasteiger partial charge in [0.25, 0.3) is 0 Å². The molecule has 3 nitrogen and oxygen atoms in total. The molecule has 3 N–H and O–H groups in total. The number of hydrogen-bond donors (Lipinski definition) is 2. The van der Waals surface area contributed by atoms with Crippen LogP contribution < -0.4 is 11.1 Å². The van der Waals surface area contributed by atoms with Crippen LogP contribution in [-0.2, 0) is 11.2 Å². The molecule has 1 aromatic carbocycles. The third kappa shape index (κ3) is 3.22. The van der Waals surface area contributed by atoms with Gasteiger partial charge >= 0.3 is 0 Å². The molecule has 0 aliphatic carbocycles. The monoisotopic (exact) mass is 266 g/mol. The summed E-state index contributed by atoms with van der Waals surface area (Å²) in [5.41, 5.74) is 7.73. The number of thiophene rings is 1. The first kappa shape index (κ1) is 12.0. The van der Waals surface area contributed by atoms with Gasteiger partial charge in [0.1, 0.15) is 0 Å². The minimum Gasteiger partial charge on any atom is -0.399 e. The molecule has 0 fully saturated rings. The van der Waals surface area contributed by atoms with Gasteiger partial charge in [-0.2, -0.15) is 11.3 Å². The third-order valence-electron chi connectivity index (χ3n) is 2.21. The summed E-state index contributed by atoms with van der Waals surface area (Å²) >= 11 is 7.53. The van der Waals surface area contributed by atoms with Crippen LogP contribution in [0.2, 0.25) is 5.02 Å². The van der Waals surface area contributed by atoms with Crippen LogP contribution >= 0.6 is 22.9 Å². The average molecular weight is 267 g/mol. The van der Waals surface area contributed by atoms with E-state index in [0.29, 0.717) is 22.8 Å². The number of carbonyl (C=O) groups excluding carboxylic acids is 1. The Morgan fingerprint density at radius 1 is 1.41 bits per heavy atom. The molecule has 0 bridgehead atoms. The van der Waals surface area contributed by atoms with Crippen LogP contribution in [0.25, 0.3) is 0 Å². The zero-order valence-electron chi connectivity index (χ0n) is 8.94. The Balaban J connectivity index is 2.03. The summed E-state index contributed by atoms with van der Waals surface area (Å²) in [6.45, 7) is 0. The van der Waals surface area contributed by atoms with E-state index in [4.69, 9.17) is 17.3 Å². The Labute approximate surface area is 108 Å². The zero-order chi connectivity index (χ0) is 12.3. The first-order chi connectivity index (χ1) is 8.15. The summed E-state index contributed by atoms with van der Waals surface area (Å²) in [4.78, 5) is 11.7. The second kappa shape index (κ2) is 5.21. The maximum atomic E-state index is 11.7. The number of nitrogen functional groups attached to an aromatic ring is 1. The van der Waals surface area contributed by atoms with Gasteiger partial charge in [-0.1, -0.05) is 11.6 Å². The number of amides is 1. The molecule has 0 radical (unpaired) electrons. The molecule has 0 saturated heterocycles. The molecule has 0 unspecified atom stereocenters. The van der Waals surface area contributed by atoms with Gasteiger partial charge in [-0.05, 0) is 40.6 Å². The predicted octanol–water partition coefficient (Wildman–Crippen LogP) is 3.16. The number of carbonyl (C=O) groups is 1. The highest BCUT2D eigenvalue weighted by atomic mass is 35.5. The predicted molar refractivity (Wildman–Crippen MR) is 72.5 cm³/mol. The first-order valence-corrected chi connectivity index (χ1v) is 6.33. The number of hydrogen-bond acceptors (Lipinski definition) is 3. The Bertz CT molecular complexity index is 525. The van der Waals surface area contributed by atoms with Crippen molar-refractivity contribution in [2.45, 2.75) is 6.42 Å². The molecule has 1 heterocycles. The van der Waals surface area contributed by atoms with Gasteiger partial charge in [0.2, 0.25) is 5.91 Å². The van der Waals surface area contributed by atoms with Crippen molar-refractivity contribution in [3.05, 3.63) is 45.6 Å². The first-order valence-electron chi connectivity index (χ1n) is 5.01. The average Bonchev–Trinajstić information content (AvgIpc) is 2.75. The van der Waals surface area contributed by atoms with Gasteiger partial charge in [0.05, 0.1) is 17.1 Å². The van der Waals surface area contributed by atoms with Gasteiger partial charge in [0.15, 0.2) is 0 Å². The molecule has 2 rings (SSSR count). The third-order valence-corrected chi connectivity index (χ3v) is 3.26. The highest BCUT2D eigenvalue weighted by molar-refractivity contribution is 7.08. The Kier molecular flexibility index (Phi) is 3.66. The van der Waals surface area contributed by atoms with Crippen LogP contribution in [-0.4, -0.2) is 5.91 Å². The Morgan fingerprint density at radius 2 is 2.24 bits per heavy atom. The minimum absolute atomic E-state index is 0.0879. The highest BCUT2D eigenvalue weighted by Crippen LogP contribution is 2.24. The van der Waals surface area contributed by atoms with Crippen molar-refractivity contribution in [3.63, 3.8) is 0 Å². The molecule has 0 spiro atoms. The lowest BCUT2D eigenvalue weighted by Crippen LogP contribution is -2.14. The molecule has 0 aliphatic heterocycles. The van der Waals surface area contributed by atoms with Crippen molar-refractivity contribution < 1.29 is 4.79 Å². The van der Waals surface area contributed by atoms with E-state index >= 15 is 0 Å². The molecule has 1 amide bonds. The van der Waals surface area contributed by atoms with Crippen LogP contribution in [0.15, 0.2) is 35.0 Å². The van der Waals surface area contributed by atoms with Gasteiger partial charge < -0.3 is 11.1 Å². The molecule has 2 aromatic rings.